The van der Waals surface area contributed by atoms with Crippen molar-refractivity contribution in [2.24, 2.45) is 5.73 Å². The third-order valence-electron chi connectivity index (χ3n) is 3.30. The number of hydrogen-bond donors (Lipinski definition) is 2. The number of allylic oxidation sites excluding steroid dienone is 1. The largest absolute Gasteiger partial charge is 0.402 e. The molecule has 0 amide bonds. The van der Waals surface area contributed by atoms with Gasteiger partial charge in [-0.1, -0.05) is 0 Å². The van der Waals surface area contributed by atoms with Gasteiger partial charge in [0.2, 0.25) is 0 Å². The van der Waals surface area contributed by atoms with Crippen molar-refractivity contribution in [3.63, 3.8) is 0 Å². The first-order valence-electron chi connectivity index (χ1n) is 6.70. The summed E-state index contributed by atoms with van der Waals surface area (Å²) in [5.41, 5.74) is 9.50. The second kappa shape index (κ2) is 5.81. The van der Waals surface area contributed by atoms with E-state index in [-0.39, 0.29) is 5.82 Å². The Labute approximate surface area is 131 Å². The molecule has 0 radical (unpaired) electrons. The molecular formula is C16H15FN4S. The van der Waals surface area contributed by atoms with Crippen LogP contribution in [0.4, 0.5) is 4.39 Å². The molecule has 0 bridgehead atoms. The van der Waals surface area contributed by atoms with E-state index in [2.05, 4.69) is 15.2 Å². The van der Waals surface area contributed by atoms with E-state index in [9.17, 15) is 4.39 Å². The monoisotopic (exact) mass is 314 g/mol. The molecule has 0 aliphatic rings. The SMILES string of the molecule is CSc1c(F)cc2[nH]ncc2c1-c1ccnc(C=C(C)N)c1. The minimum atomic E-state index is -0.261. The number of aromatic nitrogens is 3. The summed E-state index contributed by atoms with van der Waals surface area (Å²) in [5.74, 6) is -0.261. The predicted octanol–water partition coefficient (Wildman–Crippen LogP) is 3.81. The van der Waals surface area contributed by atoms with Crippen LogP contribution in [-0.2, 0) is 0 Å². The number of halogens is 1. The maximum Gasteiger partial charge on any atom is 0.139 e. The molecular weight excluding hydrogens is 299 g/mol. The second-order valence-electron chi connectivity index (χ2n) is 4.96. The zero-order valence-corrected chi connectivity index (χ0v) is 13.0. The van der Waals surface area contributed by atoms with E-state index < -0.39 is 0 Å². The average molecular weight is 314 g/mol. The molecule has 0 saturated heterocycles. The van der Waals surface area contributed by atoms with Gasteiger partial charge in [0, 0.05) is 28.9 Å². The summed E-state index contributed by atoms with van der Waals surface area (Å²) in [7, 11) is 0. The van der Waals surface area contributed by atoms with Crippen molar-refractivity contribution in [3.05, 3.63) is 47.8 Å². The molecule has 0 unspecified atom stereocenters. The van der Waals surface area contributed by atoms with Crippen LogP contribution in [0.3, 0.4) is 0 Å². The molecule has 2 heterocycles. The maximum absolute atomic E-state index is 14.3. The van der Waals surface area contributed by atoms with Crippen LogP contribution in [0.15, 0.2) is 41.2 Å². The molecule has 3 rings (SSSR count). The highest BCUT2D eigenvalue weighted by atomic mass is 32.2. The van der Waals surface area contributed by atoms with Crippen LogP contribution in [-0.4, -0.2) is 21.4 Å². The van der Waals surface area contributed by atoms with E-state index in [4.69, 9.17) is 5.73 Å². The fourth-order valence-corrected chi connectivity index (χ4v) is 3.13. The molecule has 0 fully saturated rings. The topological polar surface area (TPSA) is 67.6 Å². The van der Waals surface area contributed by atoms with Crippen LogP contribution in [0, 0.1) is 5.82 Å². The number of pyridine rings is 1. The van der Waals surface area contributed by atoms with Crippen molar-refractivity contribution >= 4 is 28.7 Å². The number of rotatable bonds is 3. The van der Waals surface area contributed by atoms with Crippen LogP contribution in [0.5, 0.6) is 0 Å². The van der Waals surface area contributed by atoms with Crippen LogP contribution in [0.25, 0.3) is 28.1 Å². The number of nitrogens with one attached hydrogen (secondary N) is 1. The molecule has 0 spiro atoms. The van der Waals surface area contributed by atoms with Gasteiger partial charge in [-0.25, -0.2) is 4.39 Å². The quantitative estimate of drug-likeness (QED) is 0.721. The van der Waals surface area contributed by atoms with Gasteiger partial charge in [-0.2, -0.15) is 5.10 Å². The summed E-state index contributed by atoms with van der Waals surface area (Å²) in [6.07, 6.45) is 7.06. The lowest BCUT2D eigenvalue weighted by molar-refractivity contribution is 0.605. The molecule has 3 N–H and O–H groups in total. The zero-order valence-electron chi connectivity index (χ0n) is 12.2. The Morgan fingerprint density at radius 2 is 2.23 bits per heavy atom. The fourth-order valence-electron chi connectivity index (χ4n) is 2.44. The molecule has 0 atom stereocenters. The number of fused-ring (bicyclic) bond motifs is 1. The molecule has 4 nitrogen and oxygen atoms in total. The Bertz CT molecular complexity index is 866. The van der Waals surface area contributed by atoms with Crippen molar-refractivity contribution in [1.29, 1.82) is 0 Å². The zero-order chi connectivity index (χ0) is 15.7. The number of nitrogens with zero attached hydrogens (tertiary/aromatic N) is 2. The fraction of sp³-hybridized carbons (Fsp3) is 0.125. The van der Waals surface area contributed by atoms with E-state index in [1.165, 1.54) is 17.8 Å². The summed E-state index contributed by atoms with van der Waals surface area (Å²) in [5, 5.41) is 7.73. The molecule has 6 heteroatoms. The predicted molar refractivity (Wildman–Crippen MR) is 88.9 cm³/mol. The van der Waals surface area contributed by atoms with Crippen LogP contribution in [0.2, 0.25) is 0 Å². The molecule has 112 valence electrons. The Balaban J connectivity index is 2.29. The third kappa shape index (κ3) is 2.57. The Kier molecular flexibility index (Phi) is 3.85. The van der Waals surface area contributed by atoms with Crippen molar-refractivity contribution in [3.8, 4) is 11.1 Å². The molecule has 2 aromatic heterocycles. The van der Waals surface area contributed by atoms with Gasteiger partial charge in [0.05, 0.1) is 22.3 Å². The molecule has 0 saturated carbocycles. The van der Waals surface area contributed by atoms with Gasteiger partial charge in [0.1, 0.15) is 5.82 Å². The summed E-state index contributed by atoms with van der Waals surface area (Å²) in [4.78, 5) is 4.87. The second-order valence-corrected chi connectivity index (χ2v) is 5.77. The molecule has 0 aliphatic heterocycles. The highest BCUT2D eigenvalue weighted by Crippen LogP contribution is 2.38. The molecule has 1 aromatic carbocycles. The van der Waals surface area contributed by atoms with Crippen molar-refractivity contribution in [1.82, 2.24) is 15.2 Å². The summed E-state index contributed by atoms with van der Waals surface area (Å²) < 4.78 is 14.3. The highest BCUT2D eigenvalue weighted by Gasteiger charge is 2.16. The number of hydrogen-bond acceptors (Lipinski definition) is 4. The first-order valence-corrected chi connectivity index (χ1v) is 7.92. The van der Waals surface area contributed by atoms with E-state index in [0.717, 1.165) is 22.2 Å². The number of H-pyrrole nitrogens is 1. The van der Waals surface area contributed by atoms with Crippen molar-refractivity contribution in [2.45, 2.75) is 11.8 Å². The standard InChI is InChI=1S/C16H15FN4S/c1-9(18)5-11-6-10(3-4-19-11)15-12-8-20-21-14(12)7-13(17)16(15)22-2/h3-8H,18H2,1-2H3,(H,20,21). The summed E-state index contributed by atoms with van der Waals surface area (Å²) >= 11 is 1.38. The highest BCUT2D eigenvalue weighted by molar-refractivity contribution is 7.98. The van der Waals surface area contributed by atoms with Gasteiger partial charge >= 0.3 is 0 Å². The molecule has 3 aromatic rings. The third-order valence-corrected chi connectivity index (χ3v) is 4.11. The first kappa shape index (κ1) is 14.6. The normalized spacial score (nSPS) is 12.0. The van der Waals surface area contributed by atoms with Gasteiger partial charge in [-0.15, -0.1) is 11.8 Å². The van der Waals surface area contributed by atoms with Crippen LogP contribution < -0.4 is 5.73 Å². The lowest BCUT2D eigenvalue weighted by atomic mass is 10.0. The van der Waals surface area contributed by atoms with Gasteiger partial charge < -0.3 is 5.73 Å². The molecule has 0 aliphatic carbocycles. The minimum absolute atomic E-state index is 0.261. The Morgan fingerprint density at radius 3 is 2.95 bits per heavy atom. The van der Waals surface area contributed by atoms with Crippen molar-refractivity contribution < 1.29 is 4.39 Å². The van der Waals surface area contributed by atoms with Gasteiger partial charge in [0.15, 0.2) is 0 Å². The first-order chi connectivity index (χ1) is 10.6. The number of benzene rings is 1. The van der Waals surface area contributed by atoms with Gasteiger partial charge in [-0.05, 0) is 37.0 Å². The van der Waals surface area contributed by atoms with Gasteiger partial charge in [0.25, 0.3) is 0 Å². The van der Waals surface area contributed by atoms with E-state index in [1.54, 1.807) is 25.4 Å². The van der Waals surface area contributed by atoms with E-state index in [0.29, 0.717) is 16.1 Å². The van der Waals surface area contributed by atoms with Gasteiger partial charge in [-0.3, -0.25) is 10.1 Å². The number of nitrogens with two attached hydrogens (primary N) is 1. The summed E-state index contributed by atoms with van der Waals surface area (Å²) in [6.45, 7) is 1.80. The van der Waals surface area contributed by atoms with E-state index >= 15 is 0 Å². The summed E-state index contributed by atoms with van der Waals surface area (Å²) in [6, 6.07) is 5.24. The number of thioether (sulfide) groups is 1. The van der Waals surface area contributed by atoms with Crippen molar-refractivity contribution in [2.75, 3.05) is 6.26 Å². The smallest absolute Gasteiger partial charge is 0.139 e. The maximum atomic E-state index is 14.3. The Hall–Kier alpha value is -2.34. The average Bonchev–Trinajstić information content (AvgIpc) is 2.93. The Morgan fingerprint density at radius 1 is 1.41 bits per heavy atom. The van der Waals surface area contributed by atoms with Crippen LogP contribution in [0.1, 0.15) is 12.6 Å². The van der Waals surface area contributed by atoms with Crippen LogP contribution >= 0.6 is 11.8 Å². The lowest BCUT2D eigenvalue weighted by Crippen LogP contribution is -1.93. The lowest BCUT2D eigenvalue weighted by Gasteiger charge is -2.11. The number of aromatic amines is 1. The molecule has 22 heavy (non-hydrogen) atoms. The minimum Gasteiger partial charge on any atom is -0.402 e. The van der Waals surface area contributed by atoms with E-state index in [1.807, 2.05) is 18.4 Å².